The van der Waals surface area contributed by atoms with Crippen LogP contribution in [-0.4, -0.2) is 12.1 Å². The van der Waals surface area contributed by atoms with Crippen molar-refractivity contribution in [3.63, 3.8) is 0 Å². The number of nitrogens with one attached hydrogen (secondary N) is 1. The Balaban J connectivity index is 2.81. The number of hydrogen-bond donors (Lipinski definition) is 1. The molecule has 4 nitrogen and oxygen atoms in total. The van der Waals surface area contributed by atoms with Crippen LogP contribution in [0.4, 0.5) is 0 Å². The molecule has 0 aliphatic heterocycles. The van der Waals surface area contributed by atoms with Crippen molar-refractivity contribution < 1.29 is 4.74 Å². The third-order valence-electron chi connectivity index (χ3n) is 2.17. The Morgan fingerprint density at radius 1 is 1.40 bits per heavy atom. The van der Waals surface area contributed by atoms with Gasteiger partial charge in [0.25, 0.3) is 5.56 Å². The van der Waals surface area contributed by atoms with Crippen molar-refractivity contribution in [1.29, 1.82) is 5.26 Å². The molecule has 0 aliphatic rings. The first-order valence-corrected chi connectivity index (χ1v) is 4.36. The lowest BCUT2D eigenvalue weighted by molar-refractivity contribution is 0.415. The van der Waals surface area contributed by atoms with Crippen molar-refractivity contribution in [1.82, 2.24) is 4.98 Å². The van der Waals surface area contributed by atoms with Crippen LogP contribution in [0.3, 0.4) is 0 Å². The second kappa shape index (κ2) is 3.46. The number of ether oxygens (including phenoxy) is 1. The smallest absolute Gasteiger partial charge is 0.256 e. The first-order chi connectivity index (χ1) is 7.24. The van der Waals surface area contributed by atoms with E-state index in [2.05, 4.69) is 4.98 Å². The maximum Gasteiger partial charge on any atom is 0.256 e. The van der Waals surface area contributed by atoms with E-state index in [1.807, 2.05) is 6.07 Å². The van der Waals surface area contributed by atoms with E-state index in [9.17, 15) is 4.79 Å². The van der Waals surface area contributed by atoms with E-state index in [0.29, 0.717) is 11.1 Å². The van der Waals surface area contributed by atoms with Crippen LogP contribution in [0.1, 0.15) is 5.69 Å². The number of pyridine rings is 1. The molecule has 4 heteroatoms. The fourth-order valence-corrected chi connectivity index (χ4v) is 1.43. The van der Waals surface area contributed by atoms with Crippen molar-refractivity contribution in [3.05, 3.63) is 40.3 Å². The Labute approximate surface area is 85.7 Å². The minimum absolute atomic E-state index is 0.262. The predicted molar refractivity (Wildman–Crippen MR) is 55.8 cm³/mol. The molecule has 0 bridgehead atoms. The number of fused-ring (bicyclic) bond motifs is 1. The van der Waals surface area contributed by atoms with Gasteiger partial charge in [-0.2, -0.15) is 5.26 Å². The summed E-state index contributed by atoms with van der Waals surface area (Å²) in [6, 6.07) is 8.69. The molecule has 1 heterocycles. The Morgan fingerprint density at radius 3 is 2.87 bits per heavy atom. The minimum atomic E-state index is -0.275. The normalized spacial score (nSPS) is 9.87. The first kappa shape index (κ1) is 9.28. The van der Waals surface area contributed by atoms with Crippen LogP contribution < -0.4 is 10.3 Å². The number of benzene rings is 1. The van der Waals surface area contributed by atoms with Crippen LogP contribution in [0, 0.1) is 11.3 Å². The van der Waals surface area contributed by atoms with Crippen molar-refractivity contribution in [2.24, 2.45) is 0 Å². The molecule has 2 aromatic rings. The number of nitrogens with zero attached hydrogens (tertiary/aromatic N) is 1. The minimum Gasteiger partial charge on any atom is -0.497 e. The lowest BCUT2D eigenvalue weighted by atomic mass is 10.1. The third kappa shape index (κ3) is 1.55. The zero-order chi connectivity index (χ0) is 10.8. The third-order valence-corrected chi connectivity index (χ3v) is 2.17. The summed E-state index contributed by atoms with van der Waals surface area (Å²) in [7, 11) is 1.54. The van der Waals surface area contributed by atoms with Gasteiger partial charge in [-0.3, -0.25) is 4.79 Å². The van der Waals surface area contributed by atoms with Crippen LogP contribution in [-0.2, 0) is 0 Å². The summed E-state index contributed by atoms with van der Waals surface area (Å²) in [4.78, 5) is 14.0. The van der Waals surface area contributed by atoms with Crippen molar-refractivity contribution in [2.45, 2.75) is 0 Å². The van der Waals surface area contributed by atoms with Crippen molar-refractivity contribution in [2.75, 3.05) is 7.11 Å². The van der Waals surface area contributed by atoms with E-state index in [4.69, 9.17) is 10.00 Å². The molecule has 0 atom stereocenters. The lowest BCUT2D eigenvalue weighted by Gasteiger charge is -2.01. The maximum atomic E-state index is 11.6. The molecule has 1 N–H and O–H groups in total. The molecule has 0 fully saturated rings. The lowest BCUT2D eigenvalue weighted by Crippen LogP contribution is -2.07. The number of nitriles is 1. The molecule has 0 saturated carbocycles. The van der Waals surface area contributed by atoms with E-state index in [1.165, 1.54) is 0 Å². The molecule has 0 saturated heterocycles. The zero-order valence-electron chi connectivity index (χ0n) is 8.07. The molecule has 0 radical (unpaired) electrons. The van der Waals surface area contributed by atoms with Gasteiger partial charge in [0, 0.05) is 0 Å². The van der Waals surface area contributed by atoms with Gasteiger partial charge in [0.2, 0.25) is 0 Å². The van der Waals surface area contributed by atoms with Crippen LogP contribution in [0.2, 0.25) is 0 Å². The second-order valence-electron chi connectivity index (χ2n) is 3.08. The molecular weight excluding hydrogens is 192 g/mol. The summed E-state index contributed by atoms with van der Waals surface area (Å²) in [6.45, 7) is 0. The monoisotopic (exact) mass is 200 g/mol. The van der Waals surface area contributed by atoms with E-state index in [-0.39, 0.29) is 11.3 Å². The van der Waals surface area contributed by atoms with E-state index >= 15 is 0 Å². The van der Waals surface area contributed by atoms with Gasteiger partial charge < -0.3 is 9.72 Å². The molecule has 0 spiro atoms. The first-order valence-electron chi connectivity index (χ1n) is 4.36. The molecule has 0 unspecified atom stereocenters. The van der Waals surface area contributed by atoms with Gasteiger partial charge in [-0.1, -0.05) is 6.07 Å². The summed E-state index contributed by atoms with van der Waals surface area (Å²) in [5.41, 5.74) is -0.0133. The second-order valence-corrected chi connectivity index (χ2v) is 3.08. The topological polar surface area (TPSA) is 65.9 Å². The van der Waals surface area contributed by atoms with E-state index < -0.39 is 0 Å². The molecule has 74 valence electrons. The summed E-state index contributed by atoms with van der Waals surface area (Å²) in [5.74, 6) is 0.623. The van der Waals surface area contributed by atoms with Gasteiger partial charge in [0.15, 0.2) is 0 Å². The molecule has 1 aromatic heterocycles. The Kier molecular flexibility index (Phi) is 2.14. The number of H-pyrrole nitrogens is 1. The van der Waals surface area contributed by atoms with Crippen LogP contribution in [0.15, 0.2) is 29.1 Å². The highest BCUT2D eigenvalue weighted by molar-refractivity contribution is 5.83. The summed E-state index contributed by atoms with van der Waals surface area (Å²) >= 11 is 0. The Bertz CT molecular complexity index is 608. The van der Waals surface area contributed by atoms with Crippen molar-refractivity contribution in [3.8, 4) is 11.8 Å². The summed E-state index contributed by atoms with van der Waals surface area (Å²) in [5, 5.41) is 9.93. The molecule has 0 amide bonds. The molecule has 0 aliphatic carbocycles. The highest BCUT2D eigenvalue weighted by Gasteiger charge is 2.02. The standard InChI is InChI=1S/C11H8N2O2/c1-15-9-3-2-7-4-8(6-12)13-11(14)10(7)5-9/h2-5H,1H3,(H,13,14). The van der Waals surface area contributed by atoms with E-state index in [0.717, 1.165) is 5.39 Å². The highest BCUT2D eigenvalue weighted by atomic mass is 16.5. The van der Waals surface area contributed by atoms with Crippen LogP contribution in [0.25, 0.3) is 10.8 Å². The van der Waals surface area contributed by atoms with Crippen molar-refractivity contribution >= 4 is 10.8 Å². The number of aromatic amines is 1. The Hall–Kier alpha value is -2.28. The largest absolute Gasteiger partial charge is 0.497 e. The van der Waals surface area contributed by atoms with Gasteiger partial charge in [-0.25, -0.2) is 0 Å². The predicted octanol–water partition coefficient (Wildman–Crippen LogP) is 1.41. The molecular formula is C11H8N2O2. The van der Waals surface area contributed by atoms with Gasteiger partial charge >= 0.3 is 0 Å². The van der Waals surface area contributed by atoms with Gasteiger partial charge in [0.1, 0.15) is 17.5 Å². The molecule has 15 heavy (non-hydrogen) atoms. The quantitative estimate of drug-likeness (QED) is 0.756. The number of aromatic nitrogens is 1. The summed E-state index contributed by atoms with van der Waals surface area (Å²) in [6.07, 6.45) is 0. The molecule has 2 rings (SSSR count). The molecule has 1 aromatic carbocycles. The zero-order valence-corrected chi connectivity index (χ0v) is 8.07. The van der Waals surface area contributed by atoms with Gasteiger partial charge in [-0.05, 0) is 23.6 Å². The average Bonchev–Trinajstić information content (AvgIpc) is 2.28. The maximum absolute atomic E-state index is 11.6. The van der Waals surface area contributed by atoms with Crippen LogP contribution in [0.5, 0.6) is 5.75 Å². The average molecular weight is 200 g/mol. The summed E-state index contributed by atoms with van der Waals surface area (Å²) < 4.78 is 5.02. The highest BCUT2D eigenvalue weighted by Crippen LogP contribution is 2.17. The number of methoxy groups -OCH3 is 1. The fraction of sp³-hybridized carbons (Fsp3) is 0.0909. The van der Waals surface area contributed by atoms with Crippen LogP contribution >= 0.6 is 0 Å². The van der Waals surface area contributed by atoms with Gasteiger partial charge in [-0.15, -0.1) is 0 Å². The SMILES string of the molecule is COc1ccc2cc(C#N)[nH]c(=O)c2c1. The van der Waals surface area contributed by atoms with Gasteiger partial charge in [0.05, 0.1) is 12.5 Å². The fourth-order valence-electron chi connectivity index (χ4n) is 1.43. The Morgan fingerprint density at radius 2 is 2.20 bits per heavy atom. The van der Waals surface area contributed by atoms with E-state index in [1.54, 1.807) is 31.4 Å². The number of rotatable bonds is 1. The number of hydrogen-bond acceptors (Lipinski definition) is 3.